The summed E-state index contributed by atoms with van der Waals surface area (Å²) in [4.78, 5) is 23.1. The molecule has 3 rings (SSSR count). The number of piperidine rings is 2. The van der Waals surface area contributed by atoms with Crippen LogP contribution in [-0.2, 0) is 9.59 Å². The standard InChI is InChI=1S/C31H53N3O6/c1-22-28(37)9-8-26(34-22)17-24(11-15-35)7-6-23-4-3-5-27-18-30(2,13-14-32-27)33-21-31(40,19-29(38)39)12-10-25(16-23)20-36/h15,22-28,32-34,36-37,40H,5-14,16-21H2,1-2H3,(H,38,39)/t22-,23+,24+,25-,26-,27+,28+,30-,31+/m0/s1. The van der Waals surface area contributed by atoms with Crippen LogP contribution in [0.1, 0.15) is 97.3 Å². The van der Waals surface area contributed by atoms with Gasteiger partial charge in [-0.3, -0.25) is 4.79 Å². The highest BCUT2D eigenvalue weighted by atomic mass is 16.4. The molecule has 2 fully saturated rings. The van der Waals surface area contributed by atoms with E-state index in [2.05, 4.69) is 34.7 Å². The zero-order valence-corrected chi connectivity index (χ0v) is 24.5. The van der Waals surface area contributed by atoms with Gasteiger partial charge in [-0.2, -0.15) is 0 Å². The van der Waals surface area contributed by atoms with Crippen molar-refractivity contribution >= 4 is 12.3 Å². The third kappa shape index (κ3) is 10.7. The van der Waals surface area contributed by atoms with Crippen LogP contribution in [0.2, 0.25) is 0 Å². The number of hydrogen-bond acceptors (Lipinski definition) is 8. The lowest BCUT2D eigenvalue weighted by Gasteiger charge is -2.42. The Balaban J connectivity index is 1.72. The molecule has 3 aliphatic heterocycles. The summed E-state index contributed by atoms with van der Waals surface area (Å²) < 4.78 is 0. The summed E-state index contributed by atoms with van der Waals surface area (Å²) in [5.41, 5.74) is -1.60. The van der Waals surface area contributed by atoms with Gasteiger partial charge < -0.3 is 41.2 Å². The van der Waals surface area contributed by atoms with Crippen molar-refractivity contribution in [3.05, 3.63) is 0 Å². The van der Waals surface area contributed by atoms with Gasteiger partial charge in [-0.25, -0.2) is 0 Å². The molecular weight excluding hydrogens is 510 g/mol. The van der Waals surface area contributed by atoms with E-state index in [1.165, 1.54) is 0 Å². The van der Waals surface area contributed by atoms with E-state index in [1.54, 1.807) is 0 Å². The number of carboxylic acid groups (broad SMARTS) is 1. The second-order valence-electron chi connectivity index (χ2n) is 13.2. The lowest BCUT2D eigenvalue weighted by Crippen LogP contribution is -2.57. The van der Waals surface area contributed by atoms with Crippen LogP contribution in [0.15, 0.2) is 0 Å². The first-order chi connectivity index (χ1) is 19.0. The highest BCUT2D eigenvalue weighted by molar-refractivity contribution is 5.68. The van der Waals surface area contributed by atoms with E-state index >= 15 is 0 Å². The molecule has 40 heavy (non-hydrogen) atoms. The number of aldehydes is 1. The molecule has 0 aliphatic carbocycles. The molecule has 9 nitrogen and oxygen atoms in total. The number of nitrogens with one attached hydrogen (secondary N) is 3. The minimum Gasteiger partial charge on any atom is -0.481 e. The first kappa shape index (κ1) is 33.0. The largest absolute Gasteiger partial charge is 0.481 e. The van der Waals surface area contributed by atoms with Crippen LogP contribution < -0.4 is 16.0 Å². The summed E-state index contributed by atoms with van der Waals surface area (Å²) in [6.07, 6.45) is 9.01. The Morgan fingerprint density at radius 2 is 2.02 bits per heavy atom. The van der Waals surface area contributed by atoms with Crippen LogP contribution in [0.3, 0.4) is 0 Å². The van der Waals surface area contributed by atoms with Gasteiger partial charge in [0.25, 0.3) is 0 Å². The monoisotopic (exact) mass is 563 g/mol. The quantitative estimate of drug-likeness (QED) is 0.156. The normalized spacial score (nSPS) is 38.3. The molecule has 0 amide bonds. The van der Waals surface area contributed by atoms with Crippen molar-refractivity contribution in [1.82, 2.24) is 16.0 Å². The molecule has 9 heteroatoms. The van der Waals surface area contributed by atoms with Gasteiger partial charge >= 0.3 is 5.97 Å². The Kier molecular flexibility index (Phi) is 12.9. The molecular formula is C31H53N3O6. The Morgan fingerprint density at radius 3 is 2.73 bits per heavy atom. The molecule has 9 atom stereocenters. The summed E-state index contributed by atoms with van der Waals surface area (Å²) in [7, 11) is 0. The number of fused-ring (bicyclic) bond motifs is 2. The molecule has 0 radical (unpaired) electrons. The van der Waals surface area contributed by atoms with Crippen LogP contribution in [0.4, 0.5) is 0 Å². The molecule has 0 aromatic heterocycles. The van der Waals surface area contributed by atoms with Crippen LogP contribution in [-0.4, -0.2) is 87.7 Å². The van der Waals surface area contributed by atoms with E-state index in [-0.39, 0.29) is 67.1 Å². The molecule has 7 N–H and O–H groups in total. The van der Waals surface area contributed by atoms with Gasteiger partial charge in [-0.1, -0.05) is 5.92 Å². The Morgan fingerprint density at radius 1 is 1.23 bits per heavy atom. The summed E-state index contributed by atoms with van der Waals surface area (Å²) in [5.74, 6) is 6.10. The zero-order chi connectivity index (χ0) is 29.2. The average molecular weight is 564 g/mol. The Labute approximate surface area is 240 Å². The number of carboxylic acids is 1. The van der Waals surface area contributed by atoms with Crippen molar-refractivity contribution < 1.29 is 30.0 Å². The maximum atomic E-state index is 11.6. The molecule has 0 aromatic carbocycles. The second kappa shape index (κ2) is 15.6. The van der Waals surface area contributed by atoms with Gasteiger partial charge in [0, 0.05) is 55.6 Å². The summed E-state index contributed by atoms with van der Waals surface area (Å²) in [6, 6.07) is 0.550. The van der Waals surface area contributed by atoms with Gasteiger partial charge in [0.05, 0.1) is 18.1 Å². The molecule has 0 spiro atoms. The van der Waals surface area contributed by atoms with E-state index in [4.69, 9.17) is 0 Å². The number of hydrogen-bond donors (Lipinski definition) is 7. The maximum Gasteiger partial charge on any atom is 0.306 e. The SMILES string of the molecule is C[C@@H]1N[C@H](C[C@@H](CC=O)CC[C@H]2C#CC[C@@H]3C[C@](C)(CCN3)NC[C@](O)(CC(=O)O)CC[C@H](CO)C2)CC[C@H]1O. The molecule has 2 saturated heterocycles. The number of aliphatic hydroxyl groups excluding tert-OH is 2. The lowest BCUT2D eigenvalue weighted by atomic mass is 9.80. The van der Waals surface area contributed by atoms with Crippen molar-refractivity contribution in [2.24, 2.45) is 17.8 Å². The first-order valence-electron chi connectivity index (χ1n) is 15.4. The van der Waals surface area contributed by atoms with Crippen LogP contribution >= 0.6 is 0 Å². The Hall–Kier alpha value is -1.54. The van der Waals surface area contributed by atoms with Crippen LogP contribution in [0.5, 0.6) is 0 Å². The summed E-state index contributed by atoms with van der Waals surface area (Å²) in [5, 5.41) is 51.7. The van der Waals surface area contributed by atoms with Crippen LogP contribution in [0, 0.1) is 29.6 Å². The van der Waals surface area contributed by atoms with Crippen molar-refractivity contribution in [3.8, 4) is 11.8 Å². The maximum absolute atomic E-state index is 11.6. The average Bonchev–Trinajstić information content (AvgIpc) is 2.89. The number of carbonyl (C=O) groups excluding carboxylic acids is 1. The van der Waals surface area contributed by atoms with E-state index in [0.717, 1.165) is 57.8 Å². The van der Waals surface area contributed by atoms with E-state index in [0.29, 0.717) is 32.1 Å². The predicted octanol–water partition coefficient (Wildman–Crippen LogP) is 1.97. The van der Waals surface area contributed by atoms with E-state index in [1.807, 2.05) is 6.92 Å². The van der Waals surface area contributed by atoms with Crippen LogP contribution in [0.25, 0.3) is 0 Å². The third-order valence-corrected chi connectivity index (χ3v) is 9.54. The lowest BCUT2D eigenvalue weighted by molar-refractivity contribution is -0.143. The van der Waals surface area contributed by atoms with Crippen molar-refractivity contribution in [3.63, 3.8) is 0 Å². The number of aliphatic hydroxyl groups is 3. The number of aliphatic carboxylic acids is 1. The van der Waals surface area contributed by atoms with Crippen molar-refractivity contribution in [2.45, 2.75) is 133 Å². The van der Waals surface area contributed by atoms with E-state index in [9.17, 15) is 30.0 Å². The number of carbonyl (C=O) groups is 2. The minimum absolute atomic E-state index is 0.0410. The van der Waals surface area contributed by atoms with E-state index < -0.39 is 11.6 Å². The summed E-state index contributed by atoms with van der Waals surface area (Å²) in [6.45, 7) is 5.13. The van der Waals surface area contributed by atoms with Gasteiger partial charge in [0.15, 0.2) is 0 Å². The third-order valence-electron chi connectivity index (χ3n) is 9.54. The highest BCUT2D eigenvalue weighted by Gasteiger charge is 2.37. The van der Waals surface area contributed by atoms with Gasteiger partial charge in [-0.05, 0) is 96.4 Å². The van der Waals surface area contributed by atoms with Gasteiger partial charge in [0.1, 0.15) is 6.29 Å². The number of β-amino-alcohol motifs (C(OH)–C–C–N with tert-alkyl or cyclic N) is 1. The topological polar surface area (TPSA) is 151 Å². The zero-order valence-electron chi connectivity index (χ0n) is 24.5. The molecule has 2 bridgehead atoms. The fourth-order valence-electron chi connectivity index (χ4n) is 6.89. The van der Waals surface area contributed by atoms with Gasteiger partial charge in [-0.15, -0.1) is 5.92 Å². The molecule has 0 saturated carbocycles. The molecule has 0 aromatic rings. The molecule has 0 unspecified atom stereocenters. The van der Waals surface area contributed by atoms with Crippen molar-refractivity contribution in [1.29, 1.82) is 0 Å². The fraction of sp³-hybridized carbons (Fsp3) is 0.871. The van der Waals surface area contributed by atoms with Gasteiger partial charge in [0.2, 0.25) is 0 Å². The highest BCUT2D eigenvalue weighted by Crippen LogP contribution is 2.31. The first-order valence-corrected chi connectivity index (χ1v) is 15.4. The molecule has 228 valence electrons. The molecule has 3 aliphatic rings. The molecule has 3 heterocycles. The smallest absolute Gasteiger partial charge is 0.306 e. The predicted molar refractivity (Wildman–Crippen MR) is 155 cm³/mol. The second-order valence-corrected chi connectivity index (χ2v) is 13.2. The van der Waals surface area contributed by atoms with Crippen molar-refractivity contribution in [2.75, 3.05) is 19.7 Å². The minimum atomic E-state index is -1.39. The summed E-state index contributed by atoms with van der Waals surface area (Å²) >= 11 is 0. The number of rotatable bonds is 10. The fourth-order valence-corrected chi connectivity index (χ4v) is 6.89. The Bertz CT molecular complexity index is 877.